The highest BCUT2D eigenvalue weighted by atomic mass is 16.1. The van der Waals surface area contributed by atoms with Gasteiger partial charge in [0.1, 0.15) is 0 Å². The molecule has 1 heterocycles. The van der Waals surface area contributed by atoms with E-state index in [0.717, 1.165) is 5.56 Å². The van der Waals surface area contributed by atoms with Crippen molar-refractivity contribution >= 4 is 0 Å². The molecule has 0 atom stereocenters. The fraction of sp³-hybridized carbons (Fsp3) is 0.300. The molecule has 0 bridgehead atoms. The van der Waals surface area contributed by atoms with Gasteiger partial charge >= 0.3 is 0 Å². The van der Waals surface area contributed by atoms with E-state index in [-0.39, 0.29) is 5.56 Å². The summed E-state index contributed by atoms with van der Waals surface area (Å²) in [5.41, 5.74) is 6.30. The zero-order chi connectivity index (χ0) is 9.68. The minimum absolute atomic E-state index is 0.0293. The Morgan fingerprint density at radius 2 is 2.31 bits per heavy atom. The summed E-state index contributed by atoms with van der Waals surface area (Å²) in [5.74, 6) is 0. The first-order valence-corrected chi connectivity index (χ1v) is 4.26. The Balaban J connectivity index is 2.78. The second-order valence-electron chi connectivity index (χ2n) is 2.90. The van der Waals surface area contributed by atoms with Gasteiger partial charge < -0.3 is 10.3 Å². The molecule has 3 nitrogen and oxygen atoms in total. The van der Waals surface area contributed by atoms with E-state index < -0.39 is 0 Å². The van der Waals surface area contributed by atoms with Crippen LogP contribution in [0, 0.1) is 6.92 Å². The molecule has 70 valence electrons. The molecule has 0 aliphatic carbocycles. The van der Waals surface area contributed by atoms with Gasteiger partial charge in [-0.2, -0.15) is 0 Å². The Labute approximate surface area is 77.5 Å². The number of aryl methyl sites for hydroxylation is 1. The molecule has 0 aromatic carbocycles. The number of nitrogens with zero attached hydrogens (tertiary/aromatic N) is 1. The van der Waals surface area contributed by atoms with Gasteiger partial charge in [0.2, 0.25) is 0 Å². The highest BCUT2D eigenvalue weighted by Gasteiger charge is 1.91. The molecule has 0 spiro atoms. The van der Waals surface area contributed by atoms with Gasteiger partial charge in [0.15, 0.2) is 0 Å². The lowest BCUT2D eigenvalue weighted by atomic mass is 10.3. The van der Waals surface area contributed by atoms with Crippen LogP contribution < -0.4 is 11.3 Å². The average molecular weight is 178 g/mol. The molecule has 0 unspecified atom stereocenters. The van der Waals surface area contributed by atoms with E-state index in [4.69, 9.17) is 5.73 Å². The number of pyridine rings is 1. The smallest absolute Gasteiger partial charge is 0.251 e. The molecular weight excluding hydrogens is 164 g/mol. The Bertz CT molecular complexity index is 352. The van der Waals surface area contributed by atoms with Gasteiger partial charge in [-0.3, -0.25) is 4.79 Å². The van der Waals surface area contributed by atoms with Crippen LogP contribution in [0.15, 0.2) is 35.3 Å². The summed E-state index contributed by atoms with van der Waals surface area (Å²) >= 11 is 0. The van der Waals surface area contributed by atoms with Crippen LogP contribution in [-0.2, 0) is 6.54 Å². The van der Waals surface area contributed by atoms with Gasteiger partial charge in [0.05, 0.1) is 0 Å². The van der Waals surface area contributed by atoms with Crippen LogP contribution >= 0.6 is 0 Å². The number of allylic oxidation sites excluding steroid dienone is 1. The minimum Gasteiger partial charge on any atom is -0.327 e. The summed E-state index contributed by atoms with van der Waals surface area (Å²) in [6, 6.07) is 3.54. The van der Waals surface area contributed by atoms with E-state index in [2.05, 4.69) is 0 Å². The van der Waals surface area contributed by atoms with Crippen LogP contribution in [0.2, 0.25) is 0 Å². The van der Waals surface area contributed by atoms with Crippen LogP contribution in [-0.4, -0.2) is 11.1 Å². The van der Waals surface area contributed by atoms with Crippen molar-refractivity contribution in [1.82, 2.24) is 4.57 Å². The predicted molar refractivity (Wildman–Crippen MR) is 53.6 cm³/mol. The number of hydrogen-bond donors (Lipinski definition) is 1. The molecule has 13 heavy (non-hydrogen) atoms. The molecule has 0 aliphatic heterocycles. The van der Waals surface area contributed by atoms with E-state index in [1.54, 1.807) is 16.8 Å². The molecule has 0 amide bonds. The molecule has 0 saturated carbocycles. The summed E-state index contributed by atoms with van der Waals surface area (Å²) in [5, 5.41) is 0. The van der Waals surface area contributed by atoms with Crippen molar-refractivity contribution in [3.05, 3.63) is 46.4 Å². The first-order chi connectivity index (χ1) is 6.24. The molecule has 0 aliphatic rings. The van der Waals surface area contributed by atoms with E-state index >= 15 is 0 Å². The molecule has 0 radical (unpaired) electrons. The van der Waals surface area contributed by atoms with E-state index in [1.807, 2.05) is 25.1 Å². The topological polar surface area (TPSA) is 48.0 Å². The molecule has 0 saturated heterocycles. The van der Waals surface area contributed by atoms with Gasteiger partial charge in [0.25, 0.3) is 5.56 Å². The number of aromatic nitrogens is 1. The number of nitrogens with two attached hydrogens (primary N) is 1. The lowest BCUT2D eigenvalue weighted by Gasteiger charge is -2.00. The second kappa shape index (κ2) is 4.62. The lowest BCUT2D eigenvalue weighted by molar-refractivity contribution is 0.774. The fourth-order valence-corrected chi connectivity index (χ4v) is 1.04. The molecule has 1 aromatic heterocycles. The van der Waals surface area contributed by atoms with E-state index in [9.17, 15) is 4.79 Å². The van der Waals surface area contributed by atoms with Crippen molar-refractivity contribution in [3.8, 4) is 0 Å². The second-order valence-corrected chi connectivity index (χ2v) is 2.90. The average Bonchev–Trinajstić information content (AvgIpc) is 2.09. The zero-order valence-electron chi connectivity index (χ0n) is 7.73. The van der Waals surface area contributed by atoms with Gasteiger partial charge in [-0.25, -0.2) is 0 Å². The third-order valence-electron chi connectivity index (χ3n) is 1.76. The van der Waals surface area contributed by atoms with Gasteiger partial charge in [-0.05, 0) is 18.6 Å². The Kier molecular flexibility index (Phi) is 3.46. The molecule has 1 aromatic rings. The van der Waals surface area contributed by atoms with E-state index in [0.29, 0.717) is 13.1 Å². The summed E-state index contributed by atoms with van der Waals surface area (Å²) < 4.78 is 1.64. The van der Waals surface area contributed by atoms with Gasteiger partial charge in [-0.15, -0.1) is 0 Å². The van der Waals surface area contributed by atoms with E-state index in [1.165, 1.54) is 0 Å². The van der Waals surface area contributed by atoms with Crippen LogP contribution in [0.1, 0.15) is 5.56 Å². The minimum atomic E-state index is 0.0293. The SMILES string of the molecule is Cc1ccn(CC=CCN)c(=O)c1. The Morgan fingerprint density at radius 1 is 1.54 bits per heavy atom. The first kappa shape index (κ1) is 9.74. The van der Waals surface area contributed by atoms with Crippen molar-refractivity contribution < 1.29 is 0 Å². The fourth-order valence-electron chi connectivity index (χ4n) is 1.04. The van der Waals surface area contributed by atoms with Crippen molar-refractivity contribution in [2.75, 3.05) is 6.54 Å². The van der Waals surface area contributed by atoms with Crippen LogP contribution in [0.3, 0.4) is 0 Å². The van der Waals surface area contributed by atoms with Crippen LogP contribution in [0.5, 0.6) is 0 Å². The molecule has 3 heteroatoms. The lowest BCUT2D eigenvalue weighted by Crippen LogP contribution is -2.17. The monoisotopic (exact) mass is 178 g/mol. The van der Waals surface area contributed by atoms with Gasteiger partial charge in [0, 0.05) is 25.4 Å². The highest BCUT2D eigenvalue weighted by molar-refractivity contribution is 5.08. The molecule has 2 N–H and O–H groups in total. The van der Waals surface area contributed by atoms with Crippen molar-refractivity contribution in [2.24, 2.45) is 5.73 Å². The normalized spacial score (nSPS) is 10.9. The quantitative estimate of drug-likeness (QED) is 0.692. The third kappa shape index (κ3) is 2.87. The van der Waals surface area contributed by atoms with Crippen molar-refractivity contribution in [1.29, 1.82) is 0 Å². The number of rotatable bonds is 3. The summed E-state index contributed by atoms with van der Waals surface area (Å²) in [4.78, 5) is 11.3. The maximum Gasteiger partial charge on any atom is 0.251 e. The standard InChI is InChI=1S/C10H14N2O/c1-9-4-7-12(10(13)8-9)6-3-2-5-11/h2-4,7-8H,5-6,11H2,1H3. The predicted octanol–water partition coefficient (Wildman–Crippen LogP) is 0.672. The molecular formula is C10H14N2O. The maximum atomic E-state index is 11.3. The van der Waals surface area contributed by atoms with Crippen LogP contribution in [0.4, 0.5) is 0 Å². The highest BCUT2D eigenvalue weighted by Crippen LogP contribution is 1.90. The molecule has 1 rings (SSSR count). The van der Waals surface area contributed by atoms with Gasteiger partial charge in [-0.1, -0.05) is 12.2 Å². The first-order valence-electron chi connectivity index (χ1n) is 4.26. The Hall–Kier alpha value is -1.35. The number of hydrogen-bond acceptors (Lipinski definition) is 2. The van der Waals surface area contributed by atoms with Crippen molar-refractivity contribution in [3.63, 3.8) is 0 Å². The van der Waals surface area contributed by atoms with Crippen LogP contribution in [0.25, 0.3) is 0 Å². The summed E-state index contributed by atoms with van der Waals surface area (Å²) in [6.45, 7) is 3.01. The summed E-state index contributed by atoms with van der Waals surface area (Å²) in [6.07, 6.45) is 5.52. The largest absolute Gasteiger partial charge is 0.327 e. The molecule has 0 fully saturated rings. The third-order valence-corrected chi connectivity index (χ3v) is 1.76. The summed E-state index contributed by atoms with van der Waals surface area (Å²) in [7, 11) is 0. The van der Waals surface area contributed by atoms with Crippen molar-refractivity contribution in [2.45, 2.75) is 13.5 Å². The maximum absolute atomic E-state index is 11.3. The zero-order valence-corrected chi connectivity index (χ0v) is 7.73. The Morgan fingerprint density at radius 3 is 2.92 bits per heavy atom.